The summed E-state index contributed by atoms with van der Waals surface area (Å²) >= 11 is 5.68. The van der Waals surface area contributed by atoms with Gasteiger partial charge in [0.2, 0.25) is 5.91 Å². The van der Waals surface area contributed by atoms with Crippen molar-refractivity contribution in [1.82, 2.24) is 0 Å². The number of nitrogens with one attached hydrogen (secondary N) is 2. The number of amides is 1. The van der Waals surface area contributed by atoms with Gasteiger partial charge >= 0.3 is 0 Å². The third-order valence-corrected chi connectivity index (χ3v) is 3.28. The van der Waals surface area contributed by atoms with Crippen molar-refractivity contribution >= 4 is 28.9 Å². The molecular formula is C17H14ClFN2O. The number of hydrogen-bond acceptors (Lipinski definition) is 2. The number of anilines is 2. The largest absolute Gasteiger partial charge is 0.374 e. The van der Waals surface area contributed by atoms with Gasteiger partial charge in [-0.2, -0.15) is 0 Å². The van der Waals surface area contributed by atoms with Gasteiger partial charge in [0.1, 0.15) is 11.9 Å². The zero-order valence-electron chi connectivity index (χ0n) is 11.9. The molecule has 0 aromatic heterocycles. The van der Waals surface area contributed by atoms with Crippen molar-refractivity contribution in [3.8, 4) is 12.3 Å². The summed E-state index contributed by atoms with van der Waals surface area (Å²) in [5.41, 5.74) is 1.90. The predicted molar refractivity (Wildman–Crippen MR) is 87.5 cm³/mol. The minimum absolute atomic E-state index is 0.0415. The molecule has 0 aliphatic rings. The second-order valence-corrected chi connectivity index (χ2v) is 5.12. The van der Waals surface area contributed by atoms with Gasteiger partial charge in [-0.1, -0.05) is 23.6 Å². The van der Waals surface area contributed by atoms with E-state index < -0.39 is 11.9 Å². The van der Waals surface area contributed by atoms with E-state index in [9.17, 15) is 9.18 Å². The SMILES string of the molecule is C#Cc1cccc(N[C@H](C)C(=O)Nc2ccc(F)c(Cl)c2)c1. The fraction of sp³-hybridized carbons (Fsp3) is 0.118. The van der Waals surface area contributed by atoms with Crippen LogP contribution in [0.4, 0.5) is 15.8 Å². The first-order valence-electron chi connectivity index (χ1n) is 6.58. The Bertz CT molecular complexity index is 740. The molecule has 0 radical (unpaired) electrons. The zero-order valence-corrected chi connectivity index (χ0v) is 12.6. The Morgan fingerprint density at radius 1 is 1.27 bits per heavy atom. The highest BCUT2D eigenvalue weighted by Crippen LogP contribution is 2.19. The molecule has 3 nitrogen and oxygen atoms in total. The topological polar surface area (TPSA) is 41.1 Å². The van der Waals surface area contributed by atoms with E-state index in [1.165, 1.54) is 18.2 Å². The van der Waals surface area contributed by atoms with E-state index in [2.05, 4.69) is 16.6 Å². The molecule has 0 spiro atoms. The summed E-state index contributed by atoms with van der Waals surface area (Å²) in [4.78, 5) is 12.1. The maximum Gasteiger partial charge on any atom is 0.246 e. The smallest absolute Gasteiger partial charge is 0.246 e. The average Bonchev–Trinajstić information content (AvgIpc) is 2.51. The summed E-state index contributed by atoms with van der Waals surface area (Å²) < 4.78 is 13.1. The molecule has 0 aliphatic carbocycles. The van der Waals surface area contributed by atoms with E-state index in [1.807, 2.05) is 12.1 Å². The first-order valence-corrected chi connectivity index (χ1v) is 6.96. The summed E-state index contributed by atoms with van der Waals surface area (Å²) in [6, 6.07) is 10.7. The number of terminal acetylenes is 1. The molecule has 2 N–H and O–H groups in total. The summed E-state index contributed by atoms with van der Waals surface area (Å²) in [5.74, 6) is 1.73. The van der Waals surface area contributed by atoms with Gasteiger partial charge in [0.05, 0.1) is 5.02 Å². The molecule has 1 atom stereocenters. The highest BCUT2D eigenvalue weighted by Gasteiger charge is 2.13. The Morgan fingerprint density at radius 2 is 2.05 bits per heavy atom. The molecule has 0 saturated carbocycles. The van der Waals surface area contributed by atoms with Crippen LogP contribution in [0.2, 0.25) is 5.02 Å². The normalized spacial score (nSPS) is 11.4. The summed E-state index contributed by atoms with van der Waals surface area (Å²) in [6.45, 7) is 1.71. The zero-order chi connectivity index (χ0) is 16.1. The second kappa shape index (κ2) is 6.97. The third-order valence-electron chi connectivity index (χ3n) is 2.99. The molecule has 0 heterocycles. The van der Waals surface area contributed by atoms with Crippen LogP contribution in [0.5, 0.6) is 0 Å². The van der Waals surface area contributed by atoms with E-state index in [0.717, 1.165) is 11.3 Å². The number of hydrogen-bond donors (Lipinski definition) is 2. The van der Waals surface area contributed by atoms with Crippen LogP contribution in [-0.2, 0) is 4.79 Å². The summed E-state index contributed by atoms with van der Waals surface area (Å²) in [5, 5.41) is 5.67. The average molecular weight is 317 g/mol. The number of rotatable bonds is 4. The van der Waals surface area contributed by atoms with Gasteiger partial charge < -0.3 is 10.6 Å². The van der Waals surface area contributed by atoms with Gasteiger partial charge in [0.15, 0.2) is 0 Å². The van der Waals surface area contributed by atoms with Gasteiger partial charge in [-0.3, -0.25) is 4.79 Å². The van der Waals surface area contributed by atoms with Crippen LogP contribution < -0.4 is 10.6 Å². The van der Waals surface area contributed by atoms with Crippen molar-refractivity contribution in [3.05, 3.63) is 58.9 Å². The molecule has 2 rings (SSSR count). The van der Waals surface area contributed by atoms with Gasteiger partial charge in [0.25, 0.3) is 0 Å². The van der Waals surface area contributed by atoms with Gasteiger partial charge in [-0.15, -0.1) is 6.42 Å². The Balaban J connectivity index is 2.02. The number of carbonyl (C=O) groups is 1. The number of carbonyl (C=O) groups excluding carboxylic acids is 1. The Labute approximate surface area is 133 Å². The van der Waals surface area contributed by atoms with E-state index in [0.29, 0.717) is 5.69 Å². The molecule has 0 fully saturated rings. The molecule has 112 valence electrons. The minimum atomic E-state index is -0.531. The first-order chi connectivity index (χ1) is 10.5. The maximum atomic E-state index is 13.1. The Morgan fingerprint density at radius 3 is 2.73 bits per heavy atom. The summed E-state index contributed by atoms with van der Waals surface area (Å²) in [6.07, 6.45) is 5.34. The second-order valence-electron chi connectivity index (χ2n) is 4.71. The van der Waals surface area contributed by atoms with E-state index in [-0.39, 0.29) is 10.9 Å². The molecule has 5 heteroatoms. The van der Waals surface area contributed by atoms with E-state index >= 15 is 0 Å². The van der Waals surface area contributed by atoms with Crippen molar-refractivity contribution in [3.63, 3.8) is 0 Å². The molecular weight excluding hydrogens is 303 g/mol. The van der Waals surface area contributed by atoms with Crippen LogP contribution in [0, 0.1) is 18.2 Å². The quantitative estimate of drug-likeness (QED) is 0.840. The fourth-order valence-electron chi connectivity index (χ4n) is 1.84. The molecule has 2 aromatic carbocycles. The monoisotopic (exact) mass is 316 g/mol. The lowest BCUT2D eigenvalue weighted by atomic mass is 10.2. The standard InChI is InChI=1S/C17H14ClFN2O/c1-3-12-5-4-6-13(9-12)20-11(2)17(22)21-14-7-8-16(19)15(18)10-14/h1,4-11,20H,2H3,(H,21,22)/t11-/m1/s1. The number of halogens is 2. The molecule has 0 unspecified atom stereocenters. The fourth-order valence-corrected chi connectivity index (χ4v) is 2.02. The molecule has 0 saturated heterocycles. The van der Waals surface area contributed by atoms with Crippen LogP contribution in [0.25, 0.3) is 0 Å². The lowest BCUT2D eigenvalue weighted by Gasteiger charge is -2.15. The molecule has 1 amide bonds. The van der Waals surface area contributed by atoms with Crippen LogP contribution in [0.1, 0.15) is 12.5 Å². The van der Waals surface area contributed by atoms with Crippen molar-refractivity contribution in [2.45, 2.75) is 13.0 Å². The molecule has 0 bridgehead atoms. The maximum absolute atomic E-state index is 13.1. The molecule has 22 heavy (non-hydrogen) atoms. The van der Waals surface area contributed by atoms with Gasteiger partial charge in [-0.05, 0) is 43.3 Å². The highest BCUT2D eigenvalue weighted by atomic mass is 35.5. The van der Waals surface area contributed by atoms with E-state index in [4.69, 9.17) is 18.0 Å². The van der Waals surface area contributed by atoms with Crippen molar-refractivity contribution in [1.29, 1.82) is 0 Å². The highest BCUT2D eigenvalue weighted by molar-refractivity contribution is 6.31. The summed E-state index contributed by atoms with van der Waals surface area (Å²) in [7, 11) is 0. The van der Waals surface area contributed by atoms with Crippen molar-refractivity contribution in [2.24, 2.45) is 0 Å². The van der Waals surface area contributed by atoms with Crippen LogP contribution in [0.3, 0.4) is 0 Å². The Kier molecular flexibility index (Phi) is 5.03. The number of benzene rings is 2. The van der Waals surface area contributed by atoms with Crippen molar-refractivity contribution < 1.29 is 9.18 Å². The predicted octanol–water partition coefficient (Wildman–Crippen LogP) is 3.90. The molecule has 0 aliphatic heterocycles. The third kappa shape index (κ3) is 4.00. The lowest BCUT2D eigenvalue weighted by molar-refractivity contribution is -0.116. The first kappa shape index (κ1) is 15.9. The van der Waals surface area contributed by atoms with Crippen molar-refractivity contribution in [2.75, 3.05) is 10.6 Å². The Hall–Kier alpha value is -2.51. The van der Waals surface area contributed by atoms with Crippen LogP contribution in [-0.4, -0.2) is 11.9 Å². The van der Waals surface area contributed by atoms with E-state index in [1.54, 1.807) is 19.1 Å². The minimum Gasteiger partial charge on any atom is -0.374 e. The van der Waals surface area contributed by atoms with Gasteiger partial charge in [0, 0.05) is 16.9 Å². The van der Waals surface area contributed by atoms with Crippen LogP contribution >= 0.6 is 11.6 Å². The lowest BCUT2D eigenvalue weighted by Crippen LogP contribution is -2.31. The van der Waals surface area contributed by atoms with Crippen LogP contribution in [0.15, 0.2) is 42.5 Å². The molecule has 2 aromatic rings. The van der Waals surface area contributed by atoms with Gasteiger partial charge in [-0.25, -0.2) is 4.39 Å².